The molecule has 136 valence electrons. The van der Waals surface area contributed by atoms with Crippen LogP contribution in [0.2, 0.25) is 0 Å². The molecule has 0 saturated carbocycles. The largest absolute Gasteiger partial charge is 0.246 e. The zero-order chi connectivity index (χ0) is 20.1. The van der Waals surface area contributed by atoms with Gasteiger partial charge >= 0.3 is 0 Å². The Morgan fingerprint density at radius 2 is 1.34 bits per heavy atom. The van der Waals surface area contributed by atoms with E-state index >= 15 is 0 Å². The average molecular weight is 378 g/mol. The highest BCUT2D eigenvalue weighted by Crippen LogP contribution is 2.28. The van der Waals surface area contributed by atoms with Gasteiger partial charge in [-0.05, 0) is 24.6 Å². The first-order chi connectivity index (χ1) is 14.2. The SMILES string of the molecule is Cc1ccc2c(c1)c(=NC#N)c1nc3c(nc12)c(=NC#N)c1cc(CF)ccc13. The first-order valence-electron chi connectivity index (χ1n) is 8.83. The van der Waals surface area contributed by atoms with Crippen LogP contribution in [0.5, 0.6) is 0 Å². The first-order valence-corrected chi connectivity index (χ1v) is 8.83. The summed E-state index contributed by atoms with van der Waals surface area (Å²) < 4.78 is 13.2. The Hall–Kier alpha value is -4.23. The highest BCUT2D eigenvalue weighted by molar-refractivity contribution is 6.14. The Bertz CT molecular complexity index is 1670. The van der Waals surface area contributed by atoms with Crippen LogP contribution >= 0.6 is 0 Å². The minimum absolute atomic E-state index is 0.377. The van der Waals surface area contributed by atoms with Crippen molar-refractivity contribution < 1.29 is 4.39 Å². The number of alkyl halides is 1. The average Bonchev–Trinajstić information content (AvgIpc) is 3.19. The summed E-state index contributed by atoms with van der Waals surface area (Å²) in [6, 6.07) is 10.9. The molecular formula is C22H11FN6. The molecule has 0 bridgehead atoms. The molecule has 0 radical (unpaired) electrons. The second-order valence-corrected chi connectivity index (χ2v) is 6.80. The quantitative estimate of drug-likeness (QED) is 0.417. The third-order valence-corrected chi connectivity index (χ3v) is 5.10. The van der Waals surface area contributed by atoms with Crippen molar-refractivity contribution in [2.24, 2.45) is 9.98 Å². The summed E-state index contributed by atoms with van der Waals surface area (Å²) >= 11 is 0. The number of aryl methyl sites for hydroxylation is 1. The van der Waals surface area contributed by atoms with Gasteiger partial charge < -0.3 is 0 Å². The van der Waals surface area contributed by atoms with Crippen LogP contribution in [0.3, 0.4) is 0 Å². The van der Waals surface area contributed by atoms with Crippen molar-refractivity contribution in [2.45, 2.75) is 13.6 Å². The molecule has 0 N–H and O–H groups in total. The lowest BCUT2D eigenvalue weighted by Crippen LogP contribution is -2.03. The molecule has 0 fully saturated rings. The van der Waals surface area contributed by atoms with Gasteiger partial charge in [0.15, 0.2) is 0 Å². The van der Waals surface area contributed by atoms with Crippen LogP contribution in [0.15, 0.2) is 46.4 Å². The summed E-state index contributed by atoms with van der Waals surface area (Å²) in [4.78, 5) is 17.5. The molecule has 6 nitrogen and oxygen atoms in total. The summed E-state index contributed by atoms with van der Waals surface area (Å²) in [5.74, 6) is 0. The number of fused-ring (bicyclic) bond motifs is 6. The fraction of sp³-hybridized carbons (Fsp3) is 0.0909. The molecule has 7 heteroatoms. The Morgan fingerprint density at radius 1 is 0.793 bits per heavy atom. The number of nitrogens with zero attached hydrogens (tertiary/aromatic N) is 6. The summed E-state index contributed by atoms with van der Waals surface area (Å²) in [6.07, 6.45) is 3.67. The van der Waals surface area contributed by atoms with Gasteiger partial charge in [-0.2, -0.15) is 20.5 Å². The van der Waals surface area contributed by atoms with Crippen LogP contribution in [0, 0.1) is 29.8 Å². The normalized spacial score (nSPS) is 13.0. The maximum Gasteiger partial charge on any atom is 0.206 e. The number of benzene rings is 2. The van der Waals surface area contributed by atoms with E-state index in [4.69, 9.17) is 9.97 Å². The van der Waals surface area contributed by atoms with Gasteiger partial charge in [0.25, 0.3) is 0 Å². The van der Waals surface area contributed by atoms with E-state index in [0.29, 0.717) is 43.7 Å². The summed E-state index contributed by atoms with van der Waals surface area (Å²) in [6.45, 7) is 1.34. The Morgan fingerprint density at radius 3 is 1.90 bits per heavy atom. The standard InChI is InChI=1S/C22H11FN6/c1-11-2-4-13-15(6-11)17(26-9-24)21-19(13)28-22-18(27-10-25)16-7-12(8-23)3-5-14(16)20(22)29-21/h2-7H,8H2,1H3. The lowest BCUT2D eigenvalue weighted by atomic mass is 10.1. The van der Waals surface area contributed by atoms with Gasteiger partial charge in [0.2, 0.25) is 12.4 Å². The van der Waals surface area contributed by atoms with Crippen molar-refractivity contribution in [2.75, 3.05) is 0 Å². The van der Waals surface area contributed by atoms with Crippen molar-refractivity contribution >= 4 is 43.6 Å². The van der Waals surface area contributed by atoms with Gasteiger partial charge in [-0.1, -0.05) is 29.8 Å². The Kier molecular flexibility index (Phi) is 3.58. The zero-order valence-corrected chi connectivity index (χ0v) is 15.2. The van der Waals surface area contributed by atoms with Gasteiger partial charge in [-0.3, -0.25) is 0 Å². The molecule has 0 amide bonds. The lowest BCUT2D eigenvalue weighted by Gasteiger charge is -1.95. The number of nitriles is 2. The summed E-state index contributed by atoms with van der Waals surface area (Å²) in [5.41, 5.74) is 3.66. The van der Waals surface area contributed by atoms with E-state index < -0.39 is 6.67 Å². The third kappa shape index (κ3) is 2.31. The molecule has 0 atom stereocenters. The molecule has 29 heavy (non-hydrogen) atoms. The molecule has 5 aromatic rings. The fourth-order valence-electron chi connectivity index (χ4n) is 3.86. The number of aromatic nitrogens is 2. The minimum Gasteiger partial charge on any atom is -0.246 e. The monoisotopic (exact) mass is 378 g/mol. The molecule has 5 rings (SSSR count). The molecular weight excluding hydrogens is 367 g/mol. The van der Waals surface area contributed by atoms with Crippen molar-refractivity contribution in [1.29, 1.82) is 10.5 Å². The molecule has 0 unspecified atom stereocenters. The van der Waals surface area contributed by atoms with Crippen molar-refractivity contribution in [3.8, 4) is 12.4 Å². The van der Waals surface area contributed by atoms with Crippen LogP contribution in [-0.4, -0.2) is 9.97 Å². The third-order valence-electron chi connectivity index (χ3n) is 5.10. The molecule has 4 aromatic carbocycles. The number of halogens is 1. The number of hydrogen-bond acceptors (Lipinski definition) is 6. The maximum atomic E-state index is 13.2. The van der Waals surface area contributed by atoms with Crippen molar-refractivity contribution in [3.05, 3.63) is 58.2 Å². The van der Waals surface area contributed by atoms with E-state index in [1.54, 1.807) is 18.2 Å². The zero-order valence-electron chi connectivity index (χ0n) is 15.2. The van der Waals surface area contributed by atoms with E-state index in [1.165, 1.54) is 0 Å². The molecule has 0 spiro atoms. The van der Waals surface area contributed by atoms with E-state index in [2.05, 4.69) is 9.98 Å². The van der Waals surface area contributed by atoms with Gasteiger partial charge in [-0.25, -0.2) is 14.4 Å². The number of rotatable bonds is 1. The highest BCUT2D eigenvalue weighted by Gasteiger charge is 2.18. The maximum absolute atomic E-state index is 13.2. The topological polar surface area (TPSA) is 98.1 Å². The van der Waals surface area contributed by atoms with Crippen molar-refractivity contribution in [3.63, 3.8) is 0 Å². The van der Waals surface area contributed by atoms with Crippen LogP contribution in [0.4, 0.5) is 4.39 Å². The minimum atomic E-state index is -0.619. The van der Waals surface area contributed by atoms with Crippen LogP contribution in [-0.2, 0) is 6.67 Å². The predicted octanol–water partition coefficient (Wildman–Crippen LogP) is 3.51. The molecule has 0 aliphatic carbocycles. The number of hydrogen-bond donors (Lipinski definition) is 0. The van der Waals surface area contributed by atoms with E-state index in [-0.39, 0.29) is 0 Å². The van der Waals surface area contributed by atoms with Gasteiger partial charge in [-0.15, -0.1) is 0 Å². The lowest BCUT2D eigenvalue weighted by molar-refractivity contribution is 0.485. The van der Waals surface area contributed by atoms with Crippen LogP contribution < -0.4 is 10.7 Å². The Balaban J connectivity index is 2.09. The summed E-state index contributed by atoms with van der Waals surface area (Å²) in [5, 5.41) is 22.2. The van der Waals surface area contributed by atoms with E-state index in [1.807, 2.05) is 37.5 Å². The second kappa shape index (κ2) is 6.15. The smallest absolute Gasteiger partial charge is 0.206 e. The predicted molar refractivity (Wildman–Crippen MR) is 106 cm³/mol. The molecule has 1 heterocycles. The van der Waals surface area contributed by atoms with E-state index in [0.717, 1.165) is 21.7 Å². The first kappa shape index (κ1) is 16.9. The molecule has 0 saturated heterocycles. The summed E-state index contributed by atoms with van der Waals surface area (Å²) in [7, 11) is 0. The molecule has 0 aliphatic rings. The van der Waals surface area contributed by atoms with Crippen molar-refractivity contribution in [1.82, 2.24) is 9.97 Å². The van der Waals surface area contributed by atoms with Gasteiger partial charge in [0.05, 0.1) is 11.0 Å². The van der Waals surface area contributed by atoms with Gasteiger partial charge in [0, 0.05) is 21.5 Å². The van der Waals surface area contributed by atoms with Crippen LogP contribution in [0.1, 0.15) is 11.1 Å². The van der Waals surface area contributed by atoms with Crippen LogP contribution in [0.25, 0.3) is 43.6 Å². The second-order valence-electron chi connectivity index (χ2n) is 6.80. The fourth-order valence-corrected chi connectivity index (χ4v) is 3.86. The van der Waals surface area contributed by atoms with E-state index in [9.17, 15) is 14.9 Å². The molecule has 0 aliphatic heterocycles. The van der Waals surface area contributed by atoms with Gasteiger partial charge in [0.1, 0.15) is 28.4 Å². The highest BCUT2D eigenvalue weighted by atomic mass is 19.1. The Labute approximate surface area is 163 Å². The molecule has 1 aromatic heterocycles.